The average Bonchev–Trinajstić information content (AvgIpc) is 2.79. The van der Waals surface area contributed by atoms with Crippen molar-refractivity contribution in [2.45, 2.75) is 45.7 Å². The van der Waals surface area contributed by atoms with E-state index in [0.717, 1.165) is 12.1 Å². The van der Waals surface area contributed by atoms with Gasteiger partial charge in [-0.15, -0.1) is 0 Å². The molecule has 0 spiro atoms. The summed E-state index contributed by atoms with van der Waals surface area (Å²) in [6, 6.07) is 4.28. The van der Waals surface area contributed by atoms with Gasteiger partial charge in [-0.1, -0.05) is 20.8 Å². The van der Waals surface area contributed by atoms with E-state index in [2.05, 4.69) is 10.3 Å². The van der Waals surface area contributed by atoms with Crippen LogP contribution in [0.5, 0.6) is 0 Å². The van der Waals surface area contributed by atoms with E-state index in [1.54, 1.807) is 6.92 Å². The average molecular weight is 340 g/mol. The van der Waals surface area contributed by atoms with Crippen LogP contribution >= 0.6 is 0 Å². The van der Waals surface area contributed by atoms with Crippen LogP contribution in [-0.4, -0.2) is 10.9 Å². The number of nitrogens with one attached hydrogen (secondary N) is 1. The van der Waals surface area contributed by atoms with Gasteiger partial charge in [0.2, 0.25) is 5.91 Å². The van der Waals surface area contributed by atoms with Crippen molar-refractivity contribution >= 4 is 11.6 Å². The molecule has 7 heteroatoms. The molecule has 0 aliphatic heterocycles. The molecule has 0 aliphatic carbocycles. The van der Waals surface area contributed by atoms with E-state index in [9.17, 15) is 18.0 Å². The third-order valence-corrected chi connectivity index (χ3v) is 3.35. The second-order valence-corrected chi connectivity index (χ2v) is 6.58. The Bertz CT molecular complexity index is 726. The van der Waals surface area contributed by atoms with Gasteiger partial charge in [0.05, 0.1) is 17.7 Å². The third kappa shape index (κ3) is 4.37. The molecule has 0 unspecified atom stereocenters. The number of anilines is 1. The number of carbonyl (C=O) groups excluding carboxylic acids is 1. The lowest BCUT2D eigenvalue weighted by molar-refractivity contribution is -0.137. The third-order valence-electron chi connectivity index (χ3n) is 3.35. The fourth-order valence-corrected chi connectivity index (χ4v) is 2.01. The summed E-state index contributed by atoms with van der Waals surface area (Å²) < 4.78 is 43.1. The first-order valence-electron chi connectivity index (χ1n) is 7.41. The van der Waals surface area contributed by atoms with Crippen LogP contribution in [0.2, 0.25) is 0 Å². The molecule has 1 aromatic heterocycles. The van der Waals surface area contributed by atoms with E-state index in [1.807, 2.05) is 20.8 Å². The van der Waals surface area contributed by atoms with Gasteiger partial charge in [0.25, 0.3) is 0 Å². The summed E-state index contributed by atoms with van der Waals surface area (Å²) in [6.45, 7) is 7.60. The predicted molar refractivity (Wildman–Crippen MR) is 83.7 cm³/mol. The number of hydrogen-bond donors (Lipinski definition) is 1. The summed E-state index contributed by atoms with van der Waals surface area (Å²) in [4.78, 5) is 16.4. The van der Waals surface area contributed by atoms with Crippen LogP contribution in [0.25, 0.3) is 0 Å². The van der Waals surface area contributed by atoms with Crippen LogP contribution in [0.3, 0.4) is 0 Å². The van der Waals surface area contributed by atoms with E-state index >= 15 is 0 Å². The first-order valence-corrected chi connectivity index (χ1v) is 7.41. The van der Waals surface area contributed by atoms with Gasteiger partial charge < -0.3 is 9.73 Å². The Morgan fingerprint density at radius 2 is 1.75 bits per heavy atom. The minimum Gasteiger partial charge on any atom is -0.444 e. The van der Waals surface area contributed by atoms with Crippen LogP contribution in [0, 0.1) is 6.92 Å². The van der Waals surface area contributed by atoms with Crippen molar-refractivity contribution < 1.29 is 22.4 Å². The highest BCUT2D eigenvalue weighted by Crippen LogP contribution is 2.30. The Hall–Kier alpha value is -2.31. The van der Waals surface area contributed by atoms with Crippen molar-refractivity contribution in [3.05, 3.63) is 47.2 Å². The molecule has 1 amide bonds. The summed E-state index contributed by atoms with van der Waals surface area (Å²) in [5, 5.41) is 2.55. The highest BCUT2D eigenvalue weighted by molar-refractivity contribution is 5.92. The lowest BCUT2D eigenvalue weighted by Crippen LogP contribution is -2.15. The maximum absolute atomic E-state index is 12.5. The second-order valence-electron chi connectivity index (χ2n) is 6.58. The molecular formula is C17H19F3N2O2. The van der Waals surface area contributed by atoms with E-state index in [-0.39, 0.29) is 17.7 Å². The predicted octanol–water partition coefficient (Wildman–Crippen LogP) is 4.48. The van der Waals surface area contributed by atoms with E-state index in [0.29, 0.717) is 23.0 Å². The number of nitrogens with zero attached hydrogens (tertiary/aromatic N) is 1. The number of halogens is 3. The van der Waals surface area contributed by atoms with Crippen LogP contribution in [0.1, 0.15) is 43.7 Å². The number of benzene rings is 1. The summed E-state index contributed by atoms with van der Waals surface area (Å²) in [6.07, 6.45) is -4.43. The molecule has 0 bridgehead atoms. The minimum atomic E-state index is -4.40. The molecule has 0 fully saturated rings. The molecule has 0 atom stereocenters. The Labute approximate surface area is 138 Å². The molecule has 4 nitrogen and oxygen atoms in total. The summed E-state index contributed by atoms with van der Waals surface area (Å²) >= 11 is 0. The van der Waals surface area contributed by atoms with Crippen molar-refractivity contribution in [2.24, 2.45) is 0 Å². The maximum Gasteiger partial charge on any atom is 0.416 e. The van der Waals surface area contributed by atoms with Gasteiger partial charge in [-0.3, -0.25) is 4.79 Å². The quantitative estimate of drug-likeness (QED) is 0.896. The van der Waals surface area contributed by atoms with Gasteiger partial charge in [-0.2, -0.15) is 13.2 Å². The fourth-order valence-electron chi connectivity index (χ4n) is 2.01. The zero-order chi connectivity index (χ0) is 18.1. The molecular weight excluding hydrogens is 321 g/mol. The summed E-state index contributed by atoms with van der Waals surface area (Å²) in [7, 11) is 0. The number of oxazole rings is 1. The van der Waals surface area contributed by atoms with Crippen molar-refractivity contribution in [2.75, 3.05) is 5.32 Å². The summed E-state index contributed by atoms with van der Waals surface area (Å²) in [5.41, 5.74) is -0.113. The molecule has 0 saturated carbocycles. The van der Waals surface area contributed by atoms with Gasteiger partial charge in [-0.05, 0) is 31.2 Å². The van der Waals surface area contributed by atoms with Crippen LogP contribution in [-0.2, 0) is 22.8 Å². The number of aromatic nitrogens is 1. The van der Waals surface area contributed by atoms with E-state index in [1.165, 1.54) is 12.1 Å². The number of rotatable bonds is 3. The maximum atomic E-state index is 12.5. The van der Waals surface area contributed by atoms with Crippen LogP contribution in [0.4, 0.5) is 18.9 Å². The number of aryl methyl sites for hydroxylation is 1. The highest BCUT2D eigenvalue weighted by atomic mass is 19.4. The number of alkyl halides is 3. The molecule has 2 aromatic rings. The minimum absolute atomic E-state index is 0.0318. The number of carbonyl (C=O) groups is 1. The first-order chi connectivity index (χ1) is 11.0. The molecule has 0 saturated heterocycles. The molecule has 1 heterocycles. The second kappa shape index (κ2) is 6.30. The summed E-state index contributed by atoms with van der Waals surface area (Å²) in [5.74, 6) is 0.608. The number of hydrogen-bond acceptors (Lipinski definition) is 3. The zero-order valence-electron chi connectivity index (χ0n) is 13.9. The lowest BCUT2D eigenvalue weighted by atomic mass is 9.97. The molecule has 130 valence electrons. The first kappa shape index (κ1) is 18.0. The largest absolute Gasteiger partial charge is 0.444 e. The SMILES string of the molecule is Cc1nc(C(C)(C)C)oc1CC(=O)Nc1ccc(C(F)(F)F)cc1. The lowest BCUT2D eigenvalue weighted by Gasteiger charge is -2.12. The molecule has 0 radical (unpaired) electrons. The standard InChI is InChI=1S/C17H19F3N2O2/c1-10-13(24-15(21-10)16(2,3)4)9-14(23)22-12-7-5-11(6-8-12)17(18,19)20/h5-8H,9H2,1-4H3,(H,22,23). The van der Waals surface area contributed by atoms with Crippen LogP contribution in [0.15, 0.2) is 28.7 Å². The Kier molecular flexibility index (Phi) is 4.73. The Morgan fingerprint density at radius 1 is 1.17 bits per heavy atom. The van der Waals surface area contributed by atoms with E-state index in [4.69, 9.17) is 4.42 Å². The fraction of sp³-hybridized carbons (Fsp3) is 0.412. The zero-order valence-corrected chi connectivity index (χ0v) is 13.9. The molecule has 1 aromatic carbocycles. The van der Waals surface area contributed by atoms with Gasteiger partial charge in [-0.25, -0.2) is 4.98 Å². The van der Waals surface area contributed by atoms with Gasteiger partial charge >= 0.3 is 6.18 Å². The Morgan fingerprint density at radius 3 is 2.21 bits per heavy atom. The smallest absolute Gasteiger partial charge is 0.416 e. The molecule has 0 aliphatic rings. The Balaban J connectivity index is 2.05. The molecule has 2 rings (SSSR count). The van der Waals surface area contributed by atoms with E-state index < -0.39 is 11.7 Å². The van der Waals surface area contributed by atoms with Crippen molar-refractivity contribution in [3.63, 3.8) is 0 Å². The normalized spacial score (nSPS) is 12.3. The van der Waals surface area contributed by atoms with Crippen molar-refractivity contribution in [1.29, 1.82) is 0 Å². The van der Waals surface area contributed by atoms with Crippen molar-refractivity contribution in [3.8, 4) is 0 Å². The monoisotopic (exact) mass is 340 g/mol. The molecule has 24 heavy (non-hydrogen) atoms. The topological polar surface area (TPSA) is 55.1 Å². The van der Waals surface area contributed by atoms with Gasteiger partial charge in [0.1, 0.15) is 5.76 Å². The van der Waals surface area contributed by atoms with Gasteiger partial charge in [0.15, 0.2) is 5.89 Å². The number of amides is 1. The van der Waals surface area contributed by atoms with Gasteiger partial charge in [0, 0.05) is 11.1 Å². The highest BCUT2D eigenvalue weighted by Gasteiger charge is 2.30. The van der Waals surface area contributed by atoms with Crippen LogP contribution < -0.4 is 5.32 Å². The van der Waals surface area contributed by atoms with Crippen molar-refractivity contribution in [1.82, 2.24) is 4.98 Å². The molecule has 1 N–H and O–H groups in total.